The predicted octanol–water partition coefficient (Wildman–Crippen LogP) is 3.94. The van der Waals surface area contributed by atoms with Crippen LogP contribution in [0.1, 0.15) is 10.4 Å². The number of methoxy groups -OCH3 is 1. The van der Waals surface area contributed by atoms with Crippen molar-refractivity contribution in [2.75, 3.05) is 17.7 Å². The van der Waals surface area contributed by atoms with E-state index in [1.165, 1.54) is 31.5 Å². The van der Waals surface area contributed by atoms with Crippen molar-refractivity contribution in [3.63, 3.8) is 0 Å². The molecule has 0 aliphatic heterocycles. The van der Waals surface area contributed by atoms with Gasteiger partial charge in [0.05, 0.1) is 29.6 Å². The van der Waals surface area contributed by atoms with Crippen LogP contribution >= 0.6 is 11.6 Å². The van der Waals surface area contributed by atoms with Crippen LogP contribution in [0.5, 0.6) is 0 Å². The summed E-state index contributed by atoms with van der Waals surface area (Å²) in [6.45, 7) is 0. The van der Waals surface area contributed by atoms with E-state index in [1.54, 1.807) is 24.3 Å². The van der Waals surface area contributed by atoms with Crippen LogP contribution in [-0.4, -0.2) is 28.3 Å². The number of esters is 1. The second-order valence-electron chi connectivity index (χ2n) is 5.08. The number of benzene rings is 2. The Hall–Kier alpha value is -3.26. The summed E-state index contributed by atoms with van der Waals surface area (Å²) in [7, 11) is 1.31. The summed E-state index contributed by atoms with van der Waals surface area (Å²) in [5, 5.41) is 13.6. The number of carbonyl (C=O) groups is 1. The highest BCUT2D eigenvalue weighted by molar-refractivity contribution is 6.31. The van der Waals surface area contributed by atoms with Gasteiger partial charge in [0.1, 0.15) is 5.82 Å². The molecule has 0 saturated heterocycles. The smallest absolute Gasteiger partial charge is 0.339 e. The van der Waals surface area contributed by atoms with E-state index in [4.69, 9.17) is 16.3 Å². The highest BCUT2D eigenvalue weighted by atomic mass is 35.5. The van der Waals surface area contributed by atoms with Crippen molar-refractivity contribution < 1.29 is 13.9 Å². The van der Waals surface area contributed by atoms with Gasteiger partial charge in [-0.3, -0.25) is 0 Å². The first-order valence-electron chi connectivity index (χ1n) is 7.43. The number of hydrogen-bond acceptors (Lipinski definition) is 7. The quantitative estimate of drug-likeness (QED) is 0.655. The molecule has 0 saturated carbocycles. The average molecular weight is 374 g/mol. The zero-order valence-electron chi connectivity index (χ0n) is 13.5. The SMILES string of the molecule is COC(=O)c1ccccc1Nc1cnnc(Nc2ccc(F)c(Cl)c2)n1. The molecule has 3 aromatic rings. The number of rotatable bonds is 5. The molecule has 0 amide bonds. The molecule has 7 nitrogen and oxygen atoms in total. The first-order valence-corrected chi connectivity index (χ1v) is 7.81. The minimum Gasteiger partial charge on any atom is -0.465 e. The van der Waals surface area contributed by atoms with Crippen molar-refractivity contribution in [1.82, 2.24) is 15.2 Å². The number of hydrogen-bond donors (Lipinski definition) is 2. The Morgan fingerprint density at radius 3 is 2.77 bits per heavy atom. The summed E-state index contributed by atoms with van der Waals surface area (Å²) in [5.74, 6) is -0.471. The fraction of sp³-hybridized carbons (Fsp3) is 0.0588. The van der Waals surface area contributed by atoms with E-state index >= 15 is 0 Å². The number of halogens is 2. The molecule has 26 heavy (non-hydrogen) atoms. The molecule has 0 spiro atoms. The Balaban J connectivity index is 1.82. The Kier molecular flexibility index (Phi) is 5.23. The van der Waals surface area contributed by atoms with Crippen LogP contribution < -0.4 is 10.6 Å². The lowest BCUT2D eigenvalue weighted by molar-refractivity contribution is 0.0602. The normalized spacial score (nSPS) is 10.3. The maximum Gasteiger partial charge on any atom is 0.339 e. The Morgan fingerprint density at radius 1 is 1.19 bits per heavy atom. The molecule has 1 aromatic heterocycles. The van der Waals surface area contributed by atoms with Crippen LogP contribution in [-0.2, 0) is 4.74 Å². The van der Waals surface area contributed by atoms with E-state index < -0.39 is 11.8 Å². The standard InChI is InChI=1S/C17H13ClFN5O2/c1-26-16(25)11-4-2-3-5-14(11)22-15-9-20-24-17(23-15)21-10-6-7-13(19)12(18)8-10/h2-9H,1H3,(H2,21,22,23,24). The Bertz CT molecular complexity index is 954. The van der Waals surface area contributed by atoms with Crippen LogP contribution in [0.3, 0.4) is 0 Å². The third-order valence-corrected chi connectivity index (χ3v) is 3.62. The first-order chi connectivity index (χ1) is 12.6. The fourth-order valence-electron chi connectivity index (χ4n) is 2.14. The summed E-state index contributed by atoms with van der Waals surface area (Å²) >= 11 is 5.75. The molecular weight excluding hydrogens is 361 g/mol. The Morgan fingerprint density at radius 2 is 2.00 bits per heavy atom. The molecule has 0 fully saturated rings. The third kappa shape index (κ3) is 4.04. The maximum atomic E-state index is 13.2. The van der Waals surface area contributed by atoms with E-state index in [-0.39, 0.29) is 11.0 Å². The molecule has 0 unspecified atom stereocenters. The van der Waals surface area contributed by atoms with Gasteiger partial charge in [0.2, 0.25) is 5.95 Å². The number of para-hydroxylation sites is 1. The topological polar surface area (TPSA) is 89.0 Å². The summed E-state index contributed by atoms with van der Waals surface area (Å²) in [5.41, 5.74) is 1.37. The second-order valence-corrected chi connectivity index (χ2v) is 5.49. The molecule has 0 bridgehead atoms. The number of ether oxygens (including phenoxy) is 1. The van der Waals surface area contributed by atoms with Crippen molar-refractivity contribution in [1.29, 1.82) is 0 Å². The lowest BCUT2D eigenvalue weighted by Crippen LogP contribution is -2.07. The van der Waals surface area contributed by atoms with Gasteiger partial charge in [-0.2, -0.15) is 10.1 Å². The van der Waals surface area contributed by atoms with Gasteiger partial charge < -0.3 is 15.4 Å². The first kappa shape index (κ1) is 17.6. The zero-order chi connectivity index (χ0) is 18.5. The largest absolute Gasteiger partial charge is 0.465 e. The number of nitrogens with zero attached hydrogens (tertiary/aromatic N) is 3. The average Bonchev–Trinajstić information content (AvgIpc) is 2.65. The van der Waals surface area contributed by atoms with E-state index in [0.717, 1.165) is 0 Å². The van der Waals surface area contributed by atoms with Crippen LogP contribution in [0.15, 0.2) is 48.7 Å². The molecule has 0 aliphatic rings. The van der Waals surface area contributed by atoms with Crippen LogP contribution in [0.4, 0.5) is 27.5 Å². The summed E-state index contributed by atoms with van der Waals surface area (Å²) < 4.78 is 18.0. The van der Waals surface area contributed by atoms with E-state index in [1.807, 2.05) is 0 Å². The summed E-state index contributed by atoms with van der Waals surface area (Å²) in [4.78, 5) is 16.1. The van der Waals surface area contributed by atoms with Gasteiger partial charge in [-0.05, 0) is 30.3 Å². The lowest BCUT2D eigenvalue weighted by Gasteiger charge is -2.10. The zero-order valence-corrected chi connectivity index (χ0v) is 14.3. The third-order valence-electron chi connectivity index (χ3n) is 3.33. The number of carbonyl (C=O) groups excluding carboxylic acids is 1. The van der Waals surface area contributed by atoms with Crippen molar-refractivity contribution >= 4 is 40.7 Å². The monoisotopic (exact) mass is 373 g/mol. The number of aromatic nitrogens is 3. The minimum atomic E-state index is -0.522. The van der Waals surface area contributed by atoms with Gasteiger partial charge in [-0.25, -0.2) is 9.18 Å². The van der Waals surface area contributed by atoms with Gasteiger partial charge in [-0.15, -0.1) is 5.10 Å². The Labute approximate surface area is 153 Å². The van der Waals surface area contributed by atoms with Gasteiger partial charge in [0.25, 0.3) is 0 Å². The van der Waals surface area contributed by atoms with Crippen LogP contribution in [0.25, 0.3) is 0 Å². The summed E-state index contributed by atoms with van der Waals surface area (Å²) in [6, 6.07) is 11.0. The number of nitrogens with one attached hydrogen (secondary N) is 2. The second kappa shape index (κ2) is 7.75. The van der Waals surface area contributed by atoms with Crippen molar-refractivity contribution in [3.8, 4) is 0 Å². The van der Waals surface area contributed by atoms with Gasteiger partial charge >= 0.3 is 5.97 Å². The van der Waals surface area contributed by atoms with E-state index in [0.29, 0.717) is 22.8 Å². The van der Waals surface area contributed by atoms with E-state index in [2.05, 4.69) is 25.8 Å². The molecule has 0 atom stereocenters. The number of anilines is 4. The highest BCUT2D eigenvalue weighted by Gasteiger charge is 2.12. The minimum absolute atomic E-state index is 0.0238. The van der Waals surface area contributed by atoms with Gasteiger partial charge in [0.15, 0.2) is 5.82 Å². The molecule has 3 rings (SSSR count). The predicted molar refractivity (Wildman–Crippen MR) is 95.6 cm³/mol. The van der Waals surface area contributed by atoms with Crippen molar-refractivity contribution in [3.05, 3.63) is 65.1 Å². The molecule has 0 radical (unpaired) electrons. The van der Waals surface area contributed by atoms with Gasteiger partial charge in [0, 0.05) is 5.69 Å². The lowest BCUT2D eigenvalue weighted by atomic mass is 10.2. The molecule has 2 N–H and O–H groups in total. The molecule has 9 heteroatoms. The van der Waals surface area contributed by atoms with Crippen LogP contribution in [0, 0.1) is 5.82 Å². The van der Waals surface area contributed by atoms with Gasteiger partial charge in [-0.1, -0.05) is 23.7 Å². The molecule has 0 aliphatic carbocycles. The van der Waals surface area contributed by atoms with Crippen molar-refractivity contribution in [2.45, 2.75) is 0 Å². The highest BCUT2D eigenvalue weighted by Crippen LogP contribution is 2.23. The molecule has 2 aromatic carbocycles. The van der Waals surface area contributed by atoms with Crippen molar-refractivity contribution in [2.24, 2.45) is 0 Å². The molecule has 132 valence electrons. The van der Waals surface area contributed by atoms with E-state index in [9.17, 15) is 9.18 Å². The molecule has 1 heterocycles. The summed E-state index contributed by atoms with van der Waals surface area (Å²) in [6.07, 6.45) is 1.40. The fourth-order valence-corrected chi connectivity index (χ4v) is 2.32. The maximum absolute atomic E-state index is 13.2. The molecular formula is C17H13ClFN5O2. The van der Waals surface area contributed by atoms with Crippen LogP contribution in [0.2, 0.25) is 5.02 Å².